The highest BCUT2D eigenvalue weighted by molar-refractivity contribution is 7.27. The Balaban J connectivity index is 1.16. The van der Waals surface area contributed by atoms with Gasteiger partial charge in [0.05, 0.1) is 21.5 Å². The maximum Gasteiger partial charge on any atom is 0.137 e. The molecule has 2 heterocycles. The number of para-hydroxylation sites is 1. The van der Waals surface area contributed by atoms with Crippen molar-refractivity contribution in [1.29, 1.82) is 0 Å². The lowest BCUT2D eigenvalue weighted by Crippen LogP contribution is -2.10. The van der Waals surface area contributed by atoms with Gasteiger partial charge in [0, 0.05) is 26.5 Å². The molecule has 0 unspecified atom stereocenters. The average molecular weight is 670 g/mol. The number of benzene rings is 8. The second-order valence-electron chi connectivity index (χ2n) is 12.9. The van der Waals surface area contributed by atoms with Crippen molar-refractivity contribution in [3.05, 3.63) is 188 Å². The molecule has 0 amide bonds. The van der Waals surface area contributed by atoms with Crippen LogP contribution in [0.3, 0.4) is 0 Å². The maximum absolute atomic E-state index is 6.41. The lowest BCUT2D eigenvalue weighted by Gasteiger charge is -2.27. The molecule has 0 bridgehead atoms. The molecular formula is C48H31NOS. The number of fused-ring (bicyclic) bond motifs is 6. The lowest BCUT2D eigenvalue weighted by atomic mass is 10.00. The van der Waals surface area contributed by atoms with Gasteiger partial charge >= 0.3 is 0 Å². The Bertz CT molecular complexity index is 2830. The summed E-state index contributed by atoms with van der Waals surface area (Å²) in [5.74, 6) is 0. The SMILES string of the molecule is c1ccc(-c2ccc(-c3ccc(N(c4cccc5c4sc4c(-c6ccccc6)cccc45)c4cccc5oc6ccccc6c45)cc3)cc2)cc1. The van der Waals surface area contributed by atoms with Gasteiger partial charge in [-0.15, -0.1) is 11.3 Å². The predicted molar refractivity (Wildman–Crippen MR) is 218 cm³/mol. The minimum absolute atomic E-state index is 0.878. The molecule has 2 aromatic heterocycles. The smallest absolute Gasteiger partial charge is 0.137 e. The molecular weight excluding hydrogens is 639 g/mol. The number of hydrogen-bond donors (Lipinski definition) is 0. The molecule has 10 rings (SSSR count). The fraction of sp³-hybridized carbons (Fsp3) is 0. The molecule has 0 atom stereocenters. The first kappa shape index (κ1) is 29.5. The Morgan fingerprint density at radius 3 is 1.59 bits per heavy atom. The normalized spacial score (nSPS) is 11.5. The zero-order valence-electron chi connectivity index (χ0n) is 27.7. The molecule has 0 aliphatic carbocycles. The molecule has 0 saturated heterocycles. The standard InChI is InChI=1S/C48H31NOS/c1-3-12-32(13-4-1)33-24-26-34(27-25-33)35-28-30-37(31-29-35)49(42-20-11-23-45-46(42)41-16-7-8-22-44(41)50-45)43-21-10-19-40-39-18-9-17-38(47(39)51-48(40)43)36-14-5-2-6-15-36/h1-31H. The van der Waals surface area contributed by atoms with Crippen molar-refractivity contribution in [2.75, 3.05) is 4.90 Å². The van der Waals surface area contributed by atoms with Crippen LogP contribution in [0.4, 0.5) is 17.1 Å². The number of furan rings is 1. The molecule has 0 aliphatic heterocycles. The fourth-order valence-electron chi connectivity index (χ4n) is 7.47. The molecule has 51 heavy (non-hydrogen) atoms. The average Bonchev–Trinajstić information content (AvgIpc) is 3.79. The van der Waals surface area contributed by atoms with Crippen molar-refractivity contribution in [3.8, 4) is 33.4 Å². The van der Waals surface area contributed by atoms with Crippen LogP contribution in [-0.2, 0) is 0 Å². The first-order chi connectivity index (χ1) is 25.3. The second-order valence-corrected chi connectivity index (χ2v) is 13.9. The second kappa shape index (κ2) is 12.2. The third-order valence-electron chi connectivity index (χ3n) is 9.90. The predicted octanol–water partition coefficient (Wildman–Crippen LogP) is 14.4. The summed E-state index contributed by atoms with van der Waals surface area (Å²) in [5, 5.41) is 4.75. The molecule has 0 saturated carbocycles. The third kappa shape index (κ3) is 5.01. The lowest BCUT2D eigenvalue weighted by molar-refractivity contribution is 0.669. The molecule has 0 fully saturated rings. The van der Waals surface area contributed by atoms with Crippen LogP contribution >= 0.6 is 11.3 Å². The summed E-state index contributed by atoms with van der Waals surface area (Å²) in [6.45, 7) is 0. The van der Waals surface area contributed by atoms with E-state index in [0.717, 1.165) is 39.0 Å². The summed E-state index contributed by atoms with van der Waals surface area (Å²) in [7, 11) is 0. The molecule has 8 aromatic carbocycles. The number of anilines is 3. The fourth-order valence-corrected chi connectivity index (χ4v) is 8.81. The molecule has 3 heteroatoms. The first-order valence-electron chi connectivity index (χ1n) is 17.3. The van der Waals surface area contributed by atoms with Crippen molar-refractivity contribution in [3.63, 3.8) is 0 Å². The molecule has 0 N–H and O–H groups in total. The van der Waals surface area contributed by atoms with E-state index in [-0.39, 0.29) is 0 Å². The Labute approximate surface area is 300 Å². The highest BCUT2D eigenvalue weighted by Gasteiger charge is 2.23. The molecule has 0 radical (unpaired) electrons. The molecule has 2 nitrogen and oxygen atoms in total. The van der Waals surface area contributed by atoms with Crippen LogP contribution in [-0.4, -0.2) is 0 Å². The van der Waals surface area contributed by atoms with Gasteiger partial charge in [-0.25, -0.2) is 0 Å². The summed E-state index contributed by atoms with van der Waals surface area (Å²) in [6.07, 6.45) is 0. The van der Waals surface area contributed by atoms with Crippen molar-refractivity contribution >= 4 is 70.5 Å². The van der Waals surface area contributed by atoms with E-state index in [1.54, 1.807) is 0 Å². The van der Waals surface area contributed by atoms with E-state index in [4.69, 9.17) is 4.42 Å². The minimum atomic E-state index is 0.878. The van der Waals surface area contributed by atoms with Crippen molar-refractivity contribution in [1.82, 2.24) is 0 Å². The van der Waals surface area contributed by atoms with Crippen molar-refractivity contribution in [2.45, 2.75) is 0 Å². The number of rotatable bonds is 6. The van der Waals surface area contributed by atoms with Crippen LogP contribution in [0.25, 0.3) is 75.5 Å². The quantitative estimate of drug-likeness (QED) is 0.175. The van der Waals surface area contributed by atoms with E-state index in [0.29, 0.717) is 0 Å². The van der Waals surface area contributed by atoms with Crippen LogP contribution in [0.1, 0.15) is 0 Å². The Morgan fingerprint density at radius 2 is 0.863 bits per heavy atom. The van der Waals surface area contributed by atoms with Gasteiger partial charge in [-0.05, 0) is 69.8 Å². The van der Waals surface area contributed by atoms with Crippen LogP contribution in [0.2, 0.25) is 0 Å². The van der Waals surface area contributed by atoms with Gasteiger partial charge < -0.3 is 9.32 Å². The Hall–Kier alpha value is -6.42. The maximum atomic E-state index is 6.41. The summed E-state index contributed by atoms with van der Waals surface area (Å²) in [5.41, 5.74) is 12.4. The summed E-state index contributed by atoms with van der Waals surface area (Å²) in [4.78, 5) is 2.42. The topological polar surface area (TPSA) is 16.4 Å². The van der Waals surface area contributed by atoms with E-state index in [9.17, 15) is 0 Å². The van der Waals surface area contributed by atoms with Gasteiger partial charge in [0.2, 0.25) is 0 Å². The Morgan fingerprint density at radius 1 is 0.353 bits per heavy atom. The van der Waals surface area contributed by atoms with Gasteiger partial charge in [0.15, 0.2) is 0 Å². The summed E-state index contributed by atoms with van der Waals surface area (Å²) in [6, 6.07) is 67.3. The molecule has 10 aromatic rings. The number of hydrogen-bond acceptors (Lipinski definition) is 3. The van der Waals surface area contributed by atoms with Crippen LogP contribution in [0, 0.1) is 0 Å². The highest BCUT2D eigenvalue weighted by Crippen LogP contribution is 2.49. The molecule has 240 valence electrons. The highest BCUT2D eigenvalue weighted by atomic mass is 32.1. The first-order valence-corrected chi connectivity index (χ1v) is 18.1. The summed E-state index contributed by atoms with van der Waals surface area (Å²) < 4.78 is 8.96. The van der Waals surface area contributed by atoms with E-state index >= 15 is 0 Å². The zero-order chi connectivity index (χ0) is 33.7. The summed E-state index contributed by atoms with van der Waals surface area (Å²) >= 11 is 1.87. The van der Waals surface area contributed by atoms with Gasteiger partial charge in [-0.3, -0.25) is 0 Å². The van der Waals surface area contributed by atoms with Crippen molar-refractivity contribution in [2.24, 2.45) is 0 Å². The zero-order valence-corrected chi connectivity index (χ0v) is 28.5. The van der Waals surface area contributed by atoms with Gasteiger partial charge in [0.1, 0.15) is 11.2 Å². The van der Waals surface area contributed by atoms with Gasteiger partial charge in [-0.1, -0.05) is 152 Å². The monoisotopic (exact) mass is 669 g/mol. The van der Waals surface area contributed by atoms with Gasteiger partial charge in [-0.2, -0.15) is 0 Å². The van der Waals surface area contributed by atoms with Gasteiger partial charge in [0.25, 0.3) is 0 Å². The van der Waals surface area contributed by atoms with Crippen LogP contribution in [0.15, 0.2) is 192 Å². The van der Waals surface area contributed by atoms with Crippen LogP contribution < -0.4 is 4.90 Å². The third-order valence-corrected chi connectivity index (χ3v) is 11.2. The van der Waals surface area contributed by atoms with Crippen LogP contribution in [0.5, 0.6) is 0 Å². The number of nitrogens with zero attached hydrogens (tertiary/aromatic N) is 1. The minimum Gasteiger partial charge on any atom is -0.456 e. The van der Waals surface area contributed by atoms with E-state index in [2.05, 4.69) is 187 Å². The van der Waals surface area contributed by atoms with E-state index in [1.807, 2.05) is 17.4 Å². The Kier molecular flexibility index (Phi) is 7.04. The van der Waals surface area contributed by atoms with E-state index in [1.165, 1.54) is 53.6 Å². The molecule has 0 spiro atoms. The largest absolute Gasteiger partial charge is 0.456 e. The number of thiophene rings is 1. The molecule has 0 aliphatic rings. The van der Waals surface area contributed by atoms with Crippen molar-refractivity contribution < 1.29 is 4.42 Å². The van der Waals surface area contributed by atoms with E-state index < -0.39 is 0 Å².